The van der Waals surface area contributed by atoms with Gasteiger partial charge in [-0.15, -0.1) is 11.3 Å². The van der Waals surface area contributed by atoms with E-state index < -0.39 is 5.97 Å². The molecule has 6 nitrogen and oxygen atoms in total. The third-order valence-corrected chi connectivity index (χ3v) is 4.84. The molecule has 1 aromatic heterocycles. The average molecular weight is 309 g/mol. The van der Waals surface area contributed by atoms with Crippen molar-refractivity contribution in [1.82, 2.24) is 9.88 Å². The highest BCUT2D eigenvalue weighted by molar-refractivity contribution is 7.13. The zero-order valence-corrected chi connectivity index (χ0v) is 12.6. The van der Waals surface area contributed by atoms with Crippen molar-refractivity contribution in [2.75, 3.05) is 11.9 Å². The van der Waals surface area contributed by atoms with Gasteiger partial charge < -0.3 is 10.0 Å². The van der Waals surface area contributed by atoms with Gasteiger partial charge in [-0.2, -0.15) is 0 Å². The van der Waals surface area contributed by atoms with Gasteiger partial charge in [0, 0.05) is 17.3 Å². The zero-order chi connectivity index (χ0) is 14.8. The smallest absolute Gasteiger partial charge is 0.324 e. The maximum atomic E-state index is 12.3. The van der Waals surface area contributed by atoms with Crippen LogP contribution in [-0.2, 0) is 4.79 Å². The first-order valence-corrected chi connectivity index (χ1v) is 8.26. The SMILES string of the molecule is O=C(O)CN(C(=O)Nc1nc(C2CC2)cs1)C1CCCC1. The van der Waals surface area contributed by atoms with Crippen molar-refractivity contribution < 1.29 is 14.7 Å². The summed E-state index contributed by atoms with van der Waals surface area (Å²) in [4.78, 5) is 29.2. The highest BCUT2D eigenvalue weighted by Crippen LogP contribution is 2.40. The number of hydrogen-bond acceptors (Lipinski definition) is 4. The van der Waals surface area contributed by atoms with Crippen molar-refractivity contribution in [3.8, 4) is 0 Å². The first-order chi connectivity index (χ1) is 10.1. The van der Waals surface area contributed by atoms with E-state index in [-0.39, 0.29) is 18.6 Å². The number of carboxylic acids is 1. The molecule has 0 atom stereocenters. The van der Waals surface area contributed by atoms with Gasteiger partial charge in [0.25, 0.3) is 0 Å². The number of carbonyl (C=O) groups is 2. The van der Waals surface area contributed by atoms with Gasteiger partial charge in [0.15, 0.2) is 5.13 Å². The number of carboxylic acid groups (broad SMARTS) is 1. The predicted molar refractivity (Wildman–Crippen MR) is 79.7 cm³/mol. The Bertz CT molecular complexity index is 535. The zero-order valence-electron chi connectivity index (χ0n) is 11.7. The van der Waals surface area contributed by atoms with Gasteiger partial charge in [-0.05, 0) is 25.7 Å². The Hall–Kier alpha value is -1.63. The molecule has 0 bridgehead atoms. The summed E-state index contributed by atoms with van der Waals surface area (Å²) < 4.78 is 0. The van der Waals surface area contributed by atoms with Crippen LogP contribution in [0, 0.1) is 0 Å². The molecule has 114 valence electrons. The van der Waals surface area contributed by atoms with Crippen LogP contribution in [0.4, 0.5) is 9.93 Å². The van der Waals surface area contributed by atoms with Gasteiger partial charge in [0.2, 0.25) is 0 Å². The molecule has 2 aliphatic rings. The van der Waals surface area contributed by atoms with Crippen LogP contribution >= 0.6 is 11.3 Å². The lowest BCUT2D eigenvalue weighted by Gasteiger charge is -2.26. The van der Waals surface area contributed by atoms with Crippen LogP contribution in [0.2, 0.25) is 0 Å². The maximum Gasteiger partial charge on any atom is 0.324 e. The molecule has 0 aliphatic heterocycles. The minimum absolute atomic E-state index is 0.0314. The molecule has 1 heterocycles. The molecule has 3 rings (SSSR count). The number of carbonyl (C=O) groups excluding carboxylic acids is 1. The van der Waals surface area contributed by atoms with Crippen molar-refractivity contribution in [3.05, 3.63) is 11.1 Å². The summed E-state index contributed by atoms with van der Waals surface area (Å²) in [6, 6.07) is -0.315. The topological polar surface area (TPSA) is 82.5 Å². The molecule has 0 saturated heterocycles. The van der Waals surface area contributed by atoms with Gasteiger partial charge in [0.1, 0.15) is 6.54 Å². The van der Waals surface area contributed by atoms with Crippen molar-refractivity contribution in [3.63, 3.8) is 0 Å². The van der Waals surface area contributed by atoms with E-state index in [0.29, 0.717) is 11.0 Å². The Morgan fingerprint density at radius 1 is 1.33 bits per heavy atom. The van der Waals surface area contributed by atoms with Crippen molar-refractivity contribution in [2.45, 2.75) is 50.5 Å². The van der Waals surface area contributed by atoms with E-state index in [1.807, 2.05) is 5.38 Å². The molecule has 2 amide bonds. The monoisotopic (exact) mass is 309 g/mol. The molecule has 1 aromatic rings. The van der Waals surface area contributed by atoms with E-state index in [1.165, 1.54) is 29.1 Å². The molecular weight excluding hydrogens is 290 g/mol. The van der Waals surface area contributed by atoms with Gasteiger partial charge in [-0.25, -0.2) is 9.78 Å². The van der Waals surface area contributed by atoms with Crippen LogP contribution < -0.4 is 5.32 Å². The van der Waals surface area contributed by atoms with E-state index in [0.717, 1.165) is 31.4 Å². The van der Waals surface area contributed by atoms with Gasteiger partial charge in [0.05, 0.1) is 5.69 Å². The number of thiazole rings is 1. The lowest BCUT2D eigenvalue weighted by atomic mass is 10.2. The van der Waals surface area contributed by atoms with Crippen LogP contribution in [-0.4, -0.2) is 39.6 Å². The third-order valence-electron chi connectivity index (χ3n) is 4.06. The highest BCUT2D eigenvalue weighted by atomic mass is 32.1. The number of aliphatic carboxylic acids is 1. The Balaban J connectivity index is 1.65. The minimum atomic E-state index is -0.977. The molecular formula is C14H19N3O3S. The van der Waals surface area contributed by atoms with Crippen LogP contribution in [0.3, 0.4) is 0 Å². The standard InChI is InChI=1S/C14H19N3O3S/c18-12(19)7-17(10-3-1-2-4-10)14(20)16-13-15-11(8-21-13)9-5-6-9/h8-10H,1-7H2,(H,18,19)(H,15,16,20). The van der Waals surface area contributed by atoms with Gasteiger partial charge >= 0.3 is 12.0 Å². The second-order valence-electron chi connectivity index (χ2n) is 5.74. The number of rotatable bonds is 5. The molecule has 2 saturated carbocycles. The largest absolute Gasteiger partial charge is 0.480 e. The van der Waals surface area contributed by atoms with Crippen LogP contribution in [0.5, 0.6) is 0 Å². The van der Waals surface area contributed by atoms with Gasteiger partial charge in [-0.1, -0.05) is 12.8 Å². The third kappa shape index (κ3) is 3.53. The predicted octanol–water partition coefficient (Wildman–Crippen LogP) is 2.88. The fraction of sp³-hybridized carbons (Fsp3) is 0.643. The van der Waals surface area contributed by atoms with E-state index >= 15 is 0 Å². The summed E-state index contributed by atoms with van der Waals surface area (Å²) in [5, 5.41) is 14.3. The molecule has 0 aromatic carbocycles. The summed E-state index contributed by atoms with van der Waals surface area (Å²) in [6.07, 6.45) is 6.21. The summed E-state index contributed by atoms with van der Waals surface area (Å²) in [5.41, 5.74) is 1.04. The fourth-order valence-electron chi connectivity index (χ4n) is 2.80. The van der Waals surface area contributed by atoms with Crippen molar-refractivity contribution >= 4 is 28.5 Å². The molecule has 2 fully saturated rings. The molecule has 0 spiro atoms. The molecule has 2 N–H and O–H groups in total. The first kappa shape index (κ1) is 14.3. The Morgan fingerprint density at radius 3 is 2.67 bits per heavy atom. The van der Waals surface area contributed by atoms with E-state index in [9.17, 15) is 9.59 Å². The number of nitrogens with zero attached hydrogens (tertiary/aromatic N) is 2. The lowest BCUT2D eigenvalue weighted by Crippen LogP contribution is -2.44. The maximum absolute atomic E-state index is 12.3. The van der Waals surface area contributed by atoms with Crippen LogP contribution in [0.15, 0.2) is 5.38 Å². The summed E-state index contributed by atoms with van der Waals surface area (Å²) in [6.45, 7) is -0.253. The molecule has 2 aliphatic carbocycles. The number of anilines is 1. The number of urea groups is 1. The molecule has 0 radical (unpaired) electrons. The molecule has 7 heteroatoms. The van der Waals surface area contributed by atoms with E-state index in [2.05, 4.69) is 10.3 Å². The van der Waals surface area contributed by atoms with E-state index in [4.69, 9.17) is 5.11 Å². The van der Waals surface area contributed by atoms with Crippen molar-refractivity contribution in [1.29, 1.82) is 0 Å². The minimum Gasteiger partial charge on any atom is -0.480 e. The quantitative estimate of drug-likeness (QED) is 0.876. The van der Waals surface area contributed by atoms with Gasteiger partial charge in [-0.3, -0.25) is 10.1 Å². The first-order valence-electron chi connectivity index (χ1n) is 7.38. The average Bonchev–Trinajstić information content (AvgIpc) is 2.97. The molecule has 0 unspecified atom stereocenters. The fourth-order valence-corrected chi connectivity index (χ4v) is 3.58. The Labute approximate surface area is 127 Å². The second kappa shape index (κ2) is 6.01. The van der Waals surface area contributed by atoms with Crippen molar-refractivity contribution in [2.24, 2.45) is 0 Å². The Morgan fingerprint density at radius 2 is 2.05 bits per heavy atom. The highest BCUT2D eigenvalue weighted by Gasteiger charge is 2.30. The van der Waals surface area contributed by atoms with E-state index in [1.54, 1.807) is 0 Å². The summed E-state index contributed by atoms with van der Waals surface area (Å²) in [7, 11) is 0. The number of aromatic nitrogens is 1. The molecule has 21 heavy (non-hydrogen) atoms. The number of hydrogen-bond donors (Lipinski definition) is 2. The second-order valence-corrected chi connectivity index (χ2v) is 6.60. The van der Waals surface area contributed by atoms with Crippen LogP contribution in [0.25, 0.3) is 0 Å². The lowest BCUT2D eigenvalue weighted by molar-refractivity contribution is -0.138. The van der Waals surface area contributed by atoms with Crippen LogP contribution in [0.1, 0.15) is 50.1 Å². The number of amides is 2. The summed E-state index contributed by atoms with van der Waals surface area (Å²) >= 11 is 1.41. The summed E-state index contributed by atoms with van der Waals surface area (Å²) in [5.74, 6) is -0.424. The normalized spacial score (nSPS) is 18.7. The Kier molecular flexibility index (Phi) is 4.10. The number of nitrogens with one attached hydrogen (secondary N) is 1.